The lowest BCUT2D eigenvalue weighted by atomic mass is 9.72. The van der Waals surface area contributed by atoms with E-state index in [9.17, 15) is 37.7 Å². The molecule has 2 aliphatic carbocycles. The molecule has 480 valence electrons. The first-order valence-corrected chi connectivity index (χ1v) is 34.3. The van der Waals surface area contributed by atoms with Crippen LogP contribution in [0, 0.1) is 21.4 Å². The summed E-state index contributed by atoms with van der Waals surface area (Å²) in [5.74, 6) is -1.00. The third kappa shape index (κ3) is 15.0. The molecule has 4 aliphatic heterocycles. The molecule has 1 unspecified atom stereocenters. The van der Waals surface area contributed by atoms with Crippen molar-refractivity contribution in [3.63, 3.8) is 0 Å². The zero-order chi connectivity index (χ0) is 63.4. The summed E-state index contributed by atoms with van der Waals surface area (Å²) in [6.07, 6.45) is 16.3. The third-order valence-electron chi connectivity index (χ3n) is 19.7. The Bertz CT molecular complexity index is 3850. The van der Waals surface area contributed by atoms with Crippen molar-refractivity contribution in [1.29, 1.82) is 0 Å². The SMILES string of the molecule is CC1(C)CCC(CN2CCN(c3ccc(C(=O)NS(=O)(=O)c4ccc(NC[C@H]5CC[C@@H](N6CCN(CCCCCCc7cccc8c7CN(C7CCC(=O)NC7=O)C8=O)CC6)CC5)c([N+](=O)[O-])c4)c(Oc4cnc5[nH]ccc5c4)c3)CC2)=C(c2ccc(Cl)cc2)C1. The van der Waals surface area contributed by atoms with E-state index < -0.39 is 37.5 Å². The molecule has 0 spiro atoms. The predicted octanol–water partition coefficient (Wildman–Crippen LogP) is 11.0. The van der Waals surface area contributed by atoms with Crippen molar-refractivity contribution in [2.24, 2.45) is 11.3 Å². The Morgan fingerprint density at radius 3 is 2.38 bits per heavy atom. The summed E-state index contributed by atoms with van der Waals surface area (Å²) in [5.41, 5.74) is 8.37. The Labute approximate surface area is 537 Å². The van der Waals surface area contributed by atoms with Crippen LogP contribution in [0.4, 0.5) is 17.1 Å². The Balaban J connectivity index is 0.603. The quantitative estimate of drug-likeness (QED) is 0.0214. The number of H-pyrrole nitrogens is 1. The fraction of sp³-hybridized carbons (Fsp3) is 0.464. The summed E-state index contributed by atoms with van der Waals surface area (Å²) in [6.45, 7) is 14.7. The van der Waals surface area contributed by atoms with E-state index in [-0.39, 0.29) is 52.5 Å². The van der Waals surface area contributed by atoms with Gasteiger partial charge in [-0.15, -0.1) is 0 Å². The second-order valence-corrected chi connectivity index (χ2v) is 28.5. The molecule has 2 aromatic heterocycles. The van der Waals surface area contributed by atoms with E-state index >= 15 is 0 Å². The van der Waals surface area contributed by atoms with E-state index in [4.69, 9.17) is 16.3 Å². The average Bonchev–Trinajstić information content (AvgIpc) is 1.77. The molecule has 6 heterocycles. The molecular weight excluding hydrogens is 1190 g/mol. The van der Waals surface area contributed by atoms with Gasteiger partial charge in [-0.25, -0.2) is 18.1 Å². The number of aryl methyl sites for hydroxylation is 1. The number of pyridine rings is 1. The molecular formula is C69H82ClN11O9S. The fourth-order valence-corrected chi connectivity index (χ4v) is 15.5. The highest BCUT2D eigenvalue weighted by molar-refractivity contribution is 7.90. The first kappa shape index (κ1) is 63.5. The number of sulfonamides is 1. The van der Waals surface area contributed by atoms with Crippen LogP contribution in [0.15, 0.2) is 114 Å². The number of unbranched alkanes of at least 4 members (excludes halogenated alkanes) is 3. The Hall–Kier alpha value is -7.69. The fourth-order valence-electron chi connectivity index (χ4n) is 14.4. The van der Waals surface area contributed by atoms with Crippen LogP contribution >= 0.6 is 11.6 Å². The number of anilines is 2. The van der Waals surface area contributed by atoms with E-state index in [2.05, 4.69) is 77.0 Å². The minimum Gasteiger partial charge on any atom is -0.455 e. The topological polar surface area (TPSA) is 236 Å². The minimum atomic E-state index is -4.61. The molecule has 6 aromatic rings. The first-order valence-electron chi connectivity index (χ1n) is 32.4. The summed E-state index contributed by atoms with van der Waals surface area (Å²) in [7, 11) is -4.61. The molecule has 12 rings (SSSR count). The predicted molar refractivity (Wildman–Crippen MR) is 352 cm³/mol. The lowest BCUT2D eigenvalue weighted by Gasteiger charge is -2.42. The number of ether oxygens (including phenoxy) is 1. The van der Waals surface area contributed by atoms with E-state index in [1.165, 1.54) is 35.0 Å². The standard InChI is InChI=1S/C69H82ClN11O9S/c1-69(2)27-25-50(58(41-69)48-13-15-51(70)16-14-48)44-77-32-36-79(37-33-77)53-19-21-57(63(39-53)90-54-38-49-26-28-71-65(49)73-43-54)66(83)75-91(88,89)55-20-22-60(62(40-55)81(86)87)72-42-46-11-17-52(18-12-46)78-34-30-76(31-35-78)29-6-4-3-5-8-47-9-7-10-56-59(47)45-80(68(56)85)61-23-24-64(82)74-67(61)84/h7,9-10,13-16,19-22,26,28,38-40,43,46,52,61,72H,3-6,8,11-12,17-18,23-25,27,29-37,41-42,44-45H2,1-2H3,(H,71,73)(H,75,83)(H,74,82,84)/t46-,52+,61?. The molecule has 4 fully saturated rings. The number of nitrogens with zero attached hydrogens (tertiary/aromatic N) is 7. The van der Waals surface area contributed by atoms with Crippen LogP contribution in [0.3, 0.4) is 0 Å². The number of piperidine rings is 1. The lowest BCUT2D eigenvalue weighted by Crippen LogP contribution is -2.52. The smallest absolute Gasteiger partial charge is 0.293 e. The van der Waals surface area contributed by atoms with Crippen molar-refractivity contribution in [3.05, 3.63) is 152 Å². The van der Waals surface area contributed by atoms with Crippen molar-refractivity contribution in [2.45, 2.75) is 127 Å². The normalized spacial score (nSPS) is 21.0. The number of halogens is 1. The molecule has 1 saturated carbocycles. The molecule has 4 amide bonds. The molecule has 22 heteroatoms. The van der Waals surface area contributed by atoms with Gasteiger partial charge in [0.2, 0.25) is 11.8 Å². The van der Waals surface area contributed by atoms with Crippen LogP contribution < -0.4 is 25.0 Å². The third-order valence-corrected chi connectivity index (χ3v) is 21.3. The van der Waals surface area contributed by atoms with Crippen LogP contribution in [0.25, 0.3) is 16.6 Å². The zero-order valence-corrected chi connectivity index (χ0v) is 53.6. The maximum absolute atomic E-state index is 14.2. The van der Waals surface area contributed by atoms with Crippen molar-refractivity contribution >= 4 is 78.9 Å². The van der Waals surface area contributed by atoms with Gasteiger partial charge in [-0.3, -0.25) is 44.4 Å². The van der Waals surface area contributed by atoms with Crippen LogP contribution in [0.2, 0.25) is 5.02 Å². The molecule has 0 radical (unpaired) electrons. The highest BCUT2D eigenvalue weighted by atomic mass is 35.5. The Morgan fingerprint density at radius 2 is 1.62 bits per heavy atom. The number of imide groups is 1. The van der Waals surface area contributed by atoms with Crippen LogP contribution in [0.5, 0.6) is 11.5 Å². The zero-order valence-electron chi connectivity index (χ0n) is 52.0. The highest BCUT2D eigenvalue weighted by Gasteiger charge is 2.40. The molecule has 6 aliphatic rings. The van der Waals surface area contributed by atoms with Crippen molar-refractivity contribution in [1.82, 2.24) is 39.6 Å². The van der Waals surface area contributed by atoms with E-state index in [0.29, 0.717) is 55.6 Å². The monoisotopic (exact) mass is 1280 g/mol. The number of fused-ring (bicyclic) bond motifs is 2. The molecule has 20 nitrogen and oxygen atoms in total. The van der Waals surface area contributed by atoms with Gasteiger partial charge in [0.05, 0.1) is 21.6 Å². The number of allylic oxidation sites excluding steroid dienone is 1. The number of nitro groups is 1. The highest BCUT2D eigenvalue weighted by Crippen LogP contribution is 2.44. The number of hydrogen-bond acceptors (Lipinski definition) is 15. The number of carbonyl (C=O) groups excluding carboxylic acids is 4. The summed E-state index contributed by atoms with van der Waals surface area (Å²) in [5, 5.41) is 19.7. The number of aromatic nitrogens is 2. The van der Waals surface area contributed by atoms with Crippen molar-refractivity contribution in [3.8, 4) is 11.5 Å². The van der Waals surface area contributed by atoms with Gasteiger partial charge in [0.1, 0.15) is 28.9 Å². The number of amides is 4. The lowest BCUT2D eigenvalue weighted by molar-refractivity contribution is -0.384. The maximum Gasteiger partial charge on any atom is 0.293 e. The minimum absolute atomic E-state index is 0.0411. The van der Waals surface area contributed by atoms with Gasteiger partial charge in [0.25, 0.3) is 27.5 Å². The number of benzene rings is 4. The van der Waals surface area contributed by atoms with E-state index in [1.807, 2.05) is 30.3 Å². The Morgan fingerprint density at radius 1 is 0.846 bits per heavy atom. The number of aromatic amines is 1. The van der Waals surface area contributed by atoms with Crippen LogP contribution in [0.1, 0.15) is 135 Å². The van der Waals surface area contributed by atoms with E-state index in [0.717, 1.165) is 163 Å². The maximum atomic E-state index is 14.2. The Kier molecular flexibility index (Phi) is 19.3. The van der Waals surface area contributed by atoms with E-state index in [1.54, 1.807) is 35.4 Å². The van der Waals surface area contributed by atoms with Gasteiger partial charge in [0, 0.05) is 124 Å². The number of hydrogen-bond donors (Lipinski definition) is 4. The number of piperazine rings is 2. The van der Waals surface area contributed by atoms with Gasteiger partial charge in [0.15, 0.2) is 0 Å². The molecule has 91 heavy (non-hydrogen) atoms. The molecule has 4 N–H and O–H groups in total. The van der Waals surface area contributed by atoms with Gasteiger partial charge < -0.3 is 29.7 Å². The summed E-state index contributed by atoms with van der Waals surface area (Å²) < 4.78 is 36.6. The van der Waals surface area contributed by atoms with Gasteiger partial charge in [-0.2, -0.15) is 0 Å². The summed E-state index contributed by atoms with van der Waals surface area (Å²) in [4.78, 5) is 82.3. The molecule has 1 atom stereocenters. The number of nitro benzene ring substituents is 1. The van der Waals surface area contributed by atoms with Crippen LogP contribution in [-0.2, 0) is 32.6 Å². The summed E-state index contributed by atoms with van der Waals surface area (Å²) in [6, 6.07) is 26.4. The number of carbonyl (C=O) groups is 4. The molecule has 3 saturated heterocycles. The first-order chi connectivity index (χ1) is 43.9. The average molecular weight is 1280 g/mol. The van der Waals surface area contributed by atoms with Crippen molar-refractivity contribution < 1.29 is 37.3 Å². The van der Waals surface area contributed by atoms with Crippen LogP contribution in [-0.4, -0.2) is 151 Å². The second-order valence-electron chi connectivity index (χ2n) is 26.4. The molecule has 4 aromatic carbocycles. The largest absolute Gasteiger partial charge is 0.455 e. The number of rotatable bonds is 22. The molecule has 0 bridgehead atoms. The summed E-state index contributed by atoms with van der Waals surface area (Å²) >= 11 is 6.28. The second kappa shape index (κ2) is 27.6. The van der Waals surface area contributed by atoms with Gasteiger partial charge >= 0.3 is 0 Å². The number of nitrogens with one attached hydrogen (secondary N) is 4. The van der Waals surface area contributed by atoms with Gasteiger partial charge in [-0.05, 0) is 165 Å². The van der Waals surface area contributed by atoms with Gasteiger partial charge in [-0.1, -0.05) is 68.1 Å². The van der Waals surface area contributed by atoms with Crippen molar-refractivity contribution in [2.75, 3.05) is 82.2 Å².